The summed E-state index contributed by atoms with van der Waals surface area (Å²) in [6, 6.07) is 12.9. The maximum Gasteiger partial charge on any atom is 0.336 e. The predicted octanol–water partition coefficient (Wildman–Crippen LogP) is 5.14. The van der Waals surface area contributed by atoms with Gasteiger partial charge in [-0.15, -0.1) is 10.2 Å². The van der Waals surface area contributed by atoms with Gasteiger partial charge in [-0.25, -0.2) is 9.47 Å². The molecule has 0 spiro atoms. The van der Waals surface area contributed by atoms with Crippen molar-refractivity contribution in [3.8, 4) is 11.4 Å². The summed E-state index contributed by atoms with van der Waals surface area (Å²) in [6.45, 7) is 6.33. The van der Waals surface area contributed by atoms with Crippen LogP contribution in [0.2, 0.25) is 5.02 Å². The Labute approximate surface area is 183 Å². The number of thioether (sulfide) groups is 1. The molecule has 0 bridgehead atoms. The van der Waals surface area contributed by atoms with Crippen molar-refractivity contribution >= 4 is 34.3 Å². The third kappa shape index (κ3) is 3.82. The largest absolute Gasteiger partial charge is 0.423 e. The van der Waals surface area contributed by atoms with Crippen molar-refractivity contribution in [2.24, 2.45) is 0 Å². The number of hydrogen-bond donors (Lipinski definition) is 1. The number of nitrogen functional groups attached to an aromatic ring is 1. The van der Waals surface area contributed by atoms with Crippen molar-refractivity contribution < 1.29 is 4.42 Å². The van der Waals surface area contributed by atoms with Crippen LogP contribution in [0.1, 0.15) is 36.5 Å². The third-order valence-electron chi connectivity index (χ3n) is 4.97. The van der Waals surface area contributed by atoms with Crippen molar-refractivity contribution in [2.45, 2.75) is 37.6 Å². The van der Waals surface area contributed by atoms with Gasteiger partial charge in [0.25, 0.3) is 0 Å². The summed E-state index contributed by atoms with van der Waals surface area (Å²) < 4.78 is 6.85. The van der Waals surface area contributed by atoms with Crippen LogP contribution in [0.3, 0.4) is 0 Å². The fourth-order valence-corrected chi connectivity index (χ4v) is 4.54. The van der Waals surface area contributed by atoms with Crippen molar-refractivity contribution in [1.82, 2.24) is 14.9 Å². The molecule has 6 nitrogen and oxygen atoms in total. The predicted molar refractivity (Wildman–Crippen MR) is 121 cm³/mol. The van der Waals surface area contributed by atoms with Gasteiger partial charge in [-0.3, -0.25) is 0 Å². The van der Waals surface area contributed by atoms with Crippen molar-refractivity contribution in [2.75, 3.05) is 5.84 Å². The van der Waals surface area contributed by atoms with Gasteiger partial charge in [0.1, 0.15) is 5.58 Å². The topological polar surface area (TPSA) is 86.9 Å². The second-order valence-electron chi connectivity index (χ2n) is 7.40. The molecule has 0 fully saturated rings. The van der Waals surface area contributed by atoms with E-state index >= 15 is 0 Å². The molecule has 2 aromatic heterocycles. The van der Waals surface area contributed by atoms with E-state index in [2.05, 4.69) is 30.1 Å². The Balaban J connectivity index is 1.68. The van der Waals surface area contributed by atoms with Crippen LogP contribution in [-0.4, -0.2) is 14.9 Å². The normalized spacial score (nSPS) is 11.5. The summed E-state index contributed by atoms with van der Waals surface area (Å²) in [7, 11) is 0. The lowest BCUT2D eigenvalue weighted by Crippen LogP contribution is -2.11. The van der Waals surface area contributed by atoms with E-state index in [0.29, 0.717) is 38.8 Å². The smallest absolute Gasteiger partial charge is 0.336 e. The van der Waals surface area contributed by atoms with E-state index < -0.39 is 0 Å². The molecule has 0 saturated carbocycles. The van der Waals surface area contributed by atoms with E-state index in [1.54, 1.807) is 6.07 Å². The molecule has 0 radical (unpaired) electrons. The van der Waals surface area contributed by atoms with Gasteiger partial charge >= 0.3 is 5.63 Å². The number of benzene rings is 2. The van der Waals surface area contributed by atoms with Gasteiger partial charge in [0.15, 0.2) is 5.82 Å². The van der Waals surface area contributed by atoms with Gasteiger partial charge in [0.05, 0.1) is 5.02 Å². The van der Waals surface area contributed by atoms with Crippen molar-refractivity contribution in [1.29, 1.82) is 0 Å². The number of fused-ring (bicyclic) bond motifs is 1. The first-order chi connectivity index (χ1) is 14.3. The molecule has 0 saturated heterocycles. The lowest BCUT2D eigenvalue weighted by atomic mass is 9.95. The van der Waals surface area contributed by atoms with E-state index in [4.69, 9.17) is 21.9 Å². The molecule has 30 heavy (non-hydrogen) atoms. The van der Waals surface area contributed by atoms with Crippen LogP contribution >= 0.6 is 23.4 Å². The summed E-state index contributed by atoms with van der Waals surface area (Å²) in [5.74, 6) is 7.58. The van der Waals surface area contributed by atoms with Gasteiger partial charge in [-0.1, -0.05) is 49.3 Å². The molecule has 8 heteroatoms. The third-order valence-corrected chi connectivity index (χ3v) is 6.30. The second kappa shape index (κ2) is 8.16. The second-order valence-corrected chi connectivity index (χ2v) is 8.74. The standard InChI is InChI=1S/C22H21ClN4O2S/c1-12(2)16-10-17-14(9-20(28)29-19(17)8-13(16)3)11-30-22-26-25-21(27(22)24)15-6-4-5-7-18(15)23/h4-10,12H,11,24H2,1-3H3. The first-order valence-electron chi connectivity index (χ1n) is 9.50. The minimum Gasteiger partial charge on any atom is -0.423 e. The highest BCUT2D eigenvalue weighted by Gasteiger charge is 2.16. The van der Waals surface area contributed by atoms with Crippen LogP contribution in [-0.2, 0) is 5.75 Å². The molecule has 2 heterocycles. The number of hydrogen-bond acceptors (Lipinski definition) is 6. The highest BCUT2D eigenvalue weighted by atomic mass is 35.5. The molecule has 154 valence electrons. The van der Waals surface area contributed by atoms with E-state index in [1.807, 2.05) is 31.2 Å². The van der Waals surface area contributed by atoms with E-state index in [1.165, 1.54) is 28.1 Å². The molecule has 0 aliphatic rings. The molecular formula is C22H21ClN4O2S. The maximum absolute atomic E-state index is 12.1. The van der Waals surface area contributed by atoms with Crippen LogP contribution in [0.15, 0.2) is 56.8 Å². The number of aromatic nitrogens is 3. The molecule has 0 unspecified atom stereocenters. The Kier molecular flexibility index (Phi) is 5.58. The van der Waals surface area contributed by atoms with Crippen LogP contribution < -0.4 is 11.5 Å². The first kappa shape index (κ1) is 20.5. The fraction of sp³-hybridized carbons (Fsp3) is 0.227. The van der Waals surface area contributed by atoms with E-state index in [9.17, 15) is 4.79 Å². The van der Waals surface area contributed by atoms with E-state index in [-0.39, 0.29) is 5.63 Å². The lowest BCUT2D eigenvalue weighted by Gasteiger charge is -2.13. The zero-order valence-electron chi connectivity index (χ0n) is 16.8. The highest BCUT2D eigenvalue weighted by molar-refractivity contribution is 7.98. The summed E-state index contributed by atoms with van der Waals surface area (Å²) in [4.78, 5) is 12.1. The summed E-state index contributed by atoms with van der Waals surface area (Å²) in [5.41, 5.74) is 4.13. The zero-order valence-corrected chi connectivity index (χ0v) is 18.4. The number of rotatable bonds is 5. The summed E-state index contributed by atoms with van der Waals surface area (Å²) in [6.07, 6.45) is 0. The van der Waals surface area contributed by atoms with Crippen molar-refractivity contribution in [3.05, 3.63) is 74.6 Å². The Hall–Kier alpha value is -2.77. The molecule has 2 aromatic carbocycles. The molecule has 0 atom stereocenters. The van der Waals surface area contributed by atoms with Crippen LogP contribution in [0.5, 0.6) is 0 Å². The Bertz CT molecular complexity index is 1300. The van der Waals surface area contributed by atoms with Crippen LogP contribution in [0.25, 0.3) is 22.4 Å². The first-order valence-corrected chi connectivity index (χ1v) is 10.9. The summed E-state index contributed by atoms with van der Waals surface area (Å²) in [5, 5.41) is 10.4. The SMILES string of the molecule is Cc1cc2oc(=O)cc(CSc3nnc(-c4ccccc4Cl)n3N)c2cc1C(C)C. The maximum atomic E-state index is 12.1. The molecule has 4 rings (SSSR count). The quantitative estimate of drug-likeness (QED) is 0.262. The molecule has 0 amide bonds. The average molecular weight is 441 g/mol. The Morgan fingerprint density at radius 3 is 2.70 bits per heavy atom. The number of halogens is 1. The van der Waals surface area contributed by atoms with Crippen molar-refractivity contribution in [3.63, 3.8) is 0 Å². The van der Waals surface area contributed by atoms with Gasteiger partial charge in [0, 0.05) is 22.8 Å². The van der Waals surface area contributed by atoms with Crippen LogP contribution in [0.4, 0.5) is 0 Å². The monoisotopic (exact) mass is 440 g/mol. The van der Waals surface area contributed by atoms with E-state index in [0.717, 1.165) is 16.5 Å². The molecule has 0 aliphatic carbocycles. The summed E-state index contributed by atoms with van der Waals surface area (Å²) >= 11 is 7.66. The number of nitrogens with two attached hydrogens (primary N) is 1. The Morgan fingerprint density at radius 1 is 1.20 bits per heavy atom. The highest BCUT2D eigenvalue weighted by Crippen LogP contribution is 2.31. The number of nitrogens with zero attached hydrogens (tertiary/aromatic N) is 3. The Morgan fingerprint density at radius 2 is 1.97 bits per heavy atom. The zero-order chi connectivity index (χ0) is 21.4. The van der Waals surface area contributed by atoms with Gasteiger partial charge in [0.2, 0.25) is 5.16 Å². The van der Waals surface area contributed by atoms with Gasteiger partial charge in [-0.2, -0.15) is 0 Å². The molecule has 4 aromatic rings. The number of aryl methyl sites for hydroxylation is 1. The fourth-order valence-electron chi connectivity index (χ4n) is 3.48. The van der Waals surface area contributed by atoms with Gasteiger partial charge in [-0.05, 0) is 53.8 Å². The molecular weight excluding hydrogens is 420 g/mol. The minimum absolute atomic E-state index is 0.368. The molecule has 0 aliphatic heterocycles. The average Bonchev–Trinajstić information content (AvgIpc) is 3.06. The molecule has 2 N–H and O–H groups in total. The van der Waals surface area contributed by atoms with Gasteiger partial charge < -0.3 is 10.3 Å². The lowest BCUT2D eigenvalue weighted by molar-refractivity contribution is 0.559. The minimum atomic E-state index is -0.374. The van der Waals surface area contributed by atoms with Crippen LogP contribution in [0, 0.1) is 6.92 Å².